The first-order valence-corrected chi connectivity index (χ1v) is 6.17. The molecule has 0 aliphatic rings. The Hall–Kier alpha value is -2.55. The highest BCUT2D eigenvalue weighted by molar-refractivity contribution is 5.89. The van der Waals surface area contributed by atoms with E-state index in [0.717, 1.165) is 5.52 Å². The van der Waals surface area contributed by atoms with Gasteiger partial charge < -0.3 is 9.30 Å². The van der Waals surface area contributed by atoms with E-state index in [9.17, 15) is 4.79 Å². The van der Waals surface area contributed by atoms with Crippen molar-refractivity contribution >= 4 is 23.1 Å². The molecular formula is C14H16N4O2. The number of benzene rings is 1. The minimum atomic E-state index is -0.577. The highest BCUT2D eigenvalue weighted by Gasteiger charge is 2.19. The van der Waals surface area contributed by atoms with Crippen LogP contribution in [0.4, 0.5) is 10.7 Å². The monoisotopic (exact) mass is 272 g/mol. The van der Waals surface area contributed by atoms with Crippen LogP contribution in [0.3, 0.4) is 0 Å². The Bertz CT molecular complexity index is 704. The molecule has 0 aliphatic carbocycles. The van der Waals surface area contributed by atoms with Crippen molar-refractivity contribution in [3.05, 3.63) is 23.8 Å². The largest absolute Gasteiger partial charge is 0.444 e. The molecule has 0 aliphatic heterocycles. The van der Waals surface area contributed by atoms with Crippen molar-refractivity contribution in [1.29, 1.82) is 5.26 Å². The van der Waals surface area contributed by atoms with Crippen molar-refractivity contribution in [2.75, 3.05) is 5.32 Å². The van der Waals surface area contributed by atoms with Crippen molar-refractivity contribution in [2.45, 2.75) is 26.4 Å². The average molecular weight is 272 g/mol. The number of fused-ring (bicyclic) bond motifs is 1. The maximum atomic E-state index is 11.8. The molecule has 1 amide bonds. The number of imidazole rings is 1. The summed E-state index contributed by atoms with van der Waals surface area (Å²) in [5, 5.41) is 11.6. The van der Waals surface area contributed by atoms with Crippen molar-refractivity contribution in [2.24, 2.45) is 7.05 Å². The zero-order valence-corrected chi connectivity index (χ0v) is 11.9. The van der Waals surface area contributed by atoms with Gasteiger partial charge in [0.25, 0.3) is 0 Å². The summed E-state index contributed by atoms with van der Waals surface area (Å²) in [5.41, 5.74) is 1.22. The maximum Gasteiger partial charge on any atom is 0.414 e. The van der Waals surface area contributed by atoms with Crippen LogP contribution in [0, 0.1) is 11.3 Å². The molecule has 0 bridgehead atoms. The van der Waals surface area contributed by atoms with E-state index in [1.54, 1.807) is 44.5 Å². The summed E-state index contributed by atoms with van der Waals surface area (Å²) < 4.78 is 6.89. The summed E-state index contributed by atoms with van der Waals surface area (Å²) in [6.07, 6.45) is -0.575. The van der Waals surface area contributed by atoms with Gasteiger partial charge in [-0.15, -0.1) is 0 Å². The molecule has 0 fully saturated rings. The number of nitriles is 1. The Balaban J connectivity index is 2.35. The zero-order chi connectivity index (χ0) is 14.9. The molecule has 0 radical (unpaired) electrons. The lowest BCUT2D eigenvalue weighted by Crippen LogP contribution is -2.28. The molecule has 2 aromatic rings. The summed E-state index contributed by atoms with van der Waals surface area (Å²) in [5.74, 6) is 0.344. The van der Waals surface area contributed by atoms with Crippen molar-refractivity contribution in [3.8, 4) is 6.07 Å². The summed E-state index contributed by atoms with van der Waals surface area (Å²) >= 11 is 0. The Morgan fingerprint density at radius 2 is 2.15 bits per heavy atom. The molecule has 0 spiro atoms. The van der Waals surface area contributed by atoms with Gasteiger partial charge in [0, 0.05) is 7.05 Å². The second-order valence-electron chi connectivity index (χ2n) is 5.41. The second kappa shape index (κ2) is 4.85. The van der Waals surface area contributed by atoms with Gasteiger partial charge in [0.15, 0.2) is 0 Å². The predicted octanol–water partition coefficient (Wildman–Crippen LogP) is 2.79. The fourth-order valence-corrected chi connectivity index (χ4v) is 1.81. The lowest BCUT2D eigenvalue weighted by atomic mass is 10.2. The Morgan fingerprint density at radius 3 is 2.75 bits per heavy atom. The van der Waals surface area contributed by atoms with Crippen LogP contribution in [-0.4, -0.2) is 21.2 Å². The average Bonchev–Trinajstić information content (AvgIpc) is 2.64. The van der Waals surface area contributed by atoms with E-state index >= 15 is 0 Å². The van der Waals surface area contributed by atoms with E-state index in [1.807, 2.05) is 6.07 Å². The minimum absolute atomic E-state index is 0.344. The maximum absolute atomic E-state index is 11.8. The number of hydrogen-bond acceptors (Lipinski definition) is 4. The number of aromatic nitrogens is 2. The van der Waals surface area contributed by atoms with Crippen LogP contribution in [0.2, 0.25) is 0 Å². The molecule has 1 aromatic carbocycles. The molecule has 0 saturated heterocycles. The summed E-state index contributed by atoms with van der Waals surface area (Å²) in [6.45, 7) is 5.36. The number of hydrogen-bond donors (Lipinski definition) is 1. The van der Waals surface area contributed by atoms with Gasteiger partial charge >= 0.3 is 6.09 Å². The molecule has 1 N–H and O–H groups in total. The smallest absolute Gasteiger partial charge is 0.414 e. The van der Waals surface area contributed by atoms with Crippen molar-refractivity contribution in [3.63, 3.8) is 0 Å². The summed E-state index contributed by atoms with van der Waals surface area (Å²) in [6, 6.07) is 7.38. The quantitative estimate of drug-likeness (QED) is 0.865. The fraction of sp³-hybridized carbons (Fsp3) is 0.357. The van der Waals surface area contributed by atoms with Gasteiger partial charge in [-0.1, -0.05) is 6.07 Å². The lowest BCUT2D eigenvalue weighted by Gasteiger charge is -2.19. The van der Waals surface area contributed by atoms with Crippen molar-refractivity contribution < 1.29 is 9.53 Å². The molecule has 1 aromatic heterocycles. The first-order valence-electron chi connectivity index (χ1n) is 6.17. The number of para-hydroxylation sites is 1. The zero-order valence-electron chi connectivity index (χ0n) is 11.9. The van der Waals surface area contributed by atoms with E-state index in [4.69, 9.17) is 10.00 Å². The molecular weight excluding hydrogens is 256 g/mol. The van der Waals surface area contributed by atoms with Gasteiger partial charge in [-0.2, -0.15) is 5.26 Å². The highest BCUT2D eigenvalue weighted by atomic mass is 16.6. The van der Waals surface area contributed by atoms with E-state index < -0.39 is 11.7 Å². The van der Waals surface area contributed by atoms with E-state index in [0.29, 0.717) is 17.0 Å². The van der Waals surface area contributed by atoms with Crippen LogP contribution < -0.4 is 5.32 Å². The Kier molecular flexibility index (Phi) is 3.36. The van der Waals surface area contributed by atoms with Gasteiger partial charge in [0.05, 0.1) is 11.1 Å². The standard InChI is InChI=1S/C14H16N4O2/c1-14(2,3)20-13(19)17-12-16-11-9(8-15)6-5-7-10(11)18(12)4/h5-7H,1-4H3,(H,16,17,19). The number of ether oxygens (including phenoxy) is 1. The van der Waals surface area contributed by atoms with Gasteiger partial charge in [-0.05, 0) is 32.9 Å². The van der Waals surface area contributed by atoms with E-state index in [2.05, 4.69) is 16.4 Å². The number of amides is 1. The highest BCUT2D eigenvalue weighted by Crippen LogP contribution is 2.21. The molecule has 6 nitrogen and oxygen atoms in total. The van der Waals surface area contributed by atoms with Gasteiger partial charge in [-0.25, -0.2) is 9.78 Å². The van der Waals surface area contributed by atoms with Gasteiger partial charge in [0.1, 0.15) is 17.2 Å². The predicted molar refractivity (Wildman–Crippen MR) is 75.3 cm³/mol. The molecule has 6 heteroatoms. The van der Waals surface area contributed by atoms with Crippen LogP contribution in [0.5, 0.6) is 0 Å². The van der Waals surface area contributed by atoms with Crippen molar-refractivity contribution in [1.82, 2.24) is 9.55 Å². The first-order chi connectivity index (χ1) is 9.31. The van der Waals surface area contributed by atoms with E-state index in [1.165, 1.54) is 0 Å². The second-order valence-corrected chi connectivity index (χ2v) is 5.41. The number of rotatable bonds is 1. The molecule has 0 saturated carbocycles. The van der Waals surface area contributed by atoms with Crippen LogP contribution in [-0.2, 0) is 11.8 Å². The normalized spacial score (nSPS) is 11.2. The van der Waals surface area contributed by atoms with Gasteiger partial charge in [-0.3, -0.25) is 5.32 Å². The summed E-state index contributed by atoms with van der Waals surface area (Å²) in [4.78, 5) is 16.0. The fourth-order valence-electron chi connectivity index (χ4n) is 1.81. The molecule has 0 unspecified atom stereocenters. The number of nitrogens with one attached hydrogen (secondary N) is 1. The van der Waals surface area contributed by atoms with Crippen LogP contribution in [0.15, 0.2) is 18.2 Å². The Morgan fingerprint density at radius 1 is 1.45 bits per heavy atom. The molecule has 20 heavy (non-hydrogen) atoms. The third kappa shape index (κ3) is 2.72. The third-order valence-electron chi connectivity index (χ3n) is 2.64. The number of aryl methyl sites for hydroxylation is 1. The number of nitrogens with zero attached hydrogens (tertiary/aromatic N) is 3. The van der Waals surface area contributed by atoms with E-state index in [-0.39, 0.29) is 0 Å². The Labute approximate surface area is 117 Å². The molecule has 104 valence electrons. The number of carbonyl (C=O) groups is 1. The minimum Gasteiger partial charge on any atom is -0.444 e. The SMILES string of the molecule is Cn1c(NC(=O)OC(C)(C)C)nc2c(C#N)cccc21. The number of carbonyl (C=O) groups excluding carboxylic acids is 1. The van der Waals surface area contributed by atoms with Crippen LogP contribution >= 0.6 is 0 Å². The molecule has 2 rings (SSSR count). The number of anilines is 1. The van der Waals surface area contributed by atoms with Crippen LogP contribution in [0.25, 0.3) is 11.0 Å². The lowest BCUT2D eigenvalue weighted by molar-refractivity contribution is 0.0634. The van der Waals surface area contributed by atoms with Gasteiger partial charge in [0.2, 0.25) is 5.95 Å². The molecule has 1 heterocycles. The van der Waals surface area contributed by atoms with Crippen LogP contribution in [0.1, 0.15) is 26.3 Å². The molecule has 0 atom stereocenters. The summed E-state index contributed by atoms with van der Waals surface area (Å²) in [7, 11) is 1.77. The first kappa shape index (κ1) is 13.9. The third-order valence-corrected chi connectivity index (χ3v) is 2.64. The topological polar surface area (TPSA) is 79.9 Å².